The van der Waals surface area contributed by atoms with Crippen LogP contribution in [0.4, 0.5) is 9.59 Å². The Morgan fingerprint density at radius 2 is 1.96 bits per heavy atom. The van der Waals surface area contributed by atoms with Crippen LogP contribution >= 0.6 is 0 Å². The lowest BCUT2D eigenvalue weighted by Gasteiger charge is -2.47. The third kappa shape index (κ3) is 3.64. The number of urea groups is 2. The molecule has 1 aromatic heterocycles. The summed E-state index contributed by atoms with van der Waals surface area (Å²) in [6, 6.07) is 0.0491. The van der Waals surface area contributed by atoms with Crippen molar-refractivity contribution in [3.63, 3.8) is 0 Å². The monoisotopic (exact) mass is 386 g/mol. The van der Waals surface area contributed by atoms with Gasteiger partial charge in [-0.2, -0.15) is 0 Å². The highest BCUT2D eigenvalue weighted by Gasteiger charge is 2.45. The van der Waals surface area contributed by atoms with Gasteiger partial charge in [0.1, 0.15) is 5.82 Å². The molecule has 4 rings (SSSR count). The zero-order valence-corrected chi connectivity index (χ0v) is 17.1. The predicted octanol–water partition coefficient (Wildman–Crippen LogP) is 1.74. The van der Waals surface area contributed by atoms with Crippen LogP contribution in [0.25, 0.3) is 0 Å². The third-order valence-corrected chi connectivity index (χ3v) is 6.24. The number of aromatic nitrogens is 2. The minimum atomic E-state index is -0.207. The Morgan fingerprint density at radius 3 is 2.61 bits per heavy atom. The van der Waals surface area contributed by atoms with Crippen LogP contribution in [-0.2, 0) is 12.0 Å². The maximum Gasteiger partial charge on any atom is 0.319 e. The number of aryl methyl sites for hydroxylation is 1. The zero-order valence-electron chi connectivity index (χ0n) is 17.1. The van der Waals surface area contributed by atoms with Crippen molar-refractivity contribution in [2.45, 2.75) is 44.6 Å². The maximum atomic E-state index is 12.8. The van der Waals surface area contributed by atoms with Gasteiger partial charge in [-0.3, -0.25) is 0 Å². The minimum absolute atomic E-state index is 0.00398. The van der Waals surface area contributed by atoms with E-state index in [1.54, 1.807) is 19.0 Å². The molecule has 4 amide bonds. The first-order valence-corrected chi connectivity index (χ1v) is 10.2. The molecule has 0 unspecified atom stereocenters. The molecule has 1 spiro atoms. The first-order valence-electron chi connectivity index (χ1n) is 10.2. The largest absolute Gasteiger partial charge is 0.338 e. The summed E-state index contributed by atoms with van der Waals surface area (Å²) in [7, 11) is 3.57. The fraction of sp³-hybridized carbons (Fsp3) is 0.700. The fourth-order valence-electron chi connectivity index (χ4n) is 4.38. The highest BCUT2D eigenvalue weighted by Crippen LogP contribution is 2.41. The van der Waals surface area contributed by atoms with E-state index in [2.05, 4.69) is 10.3 Å². The summed E-state index contributed by atoms with van der Waals surface area (Å²) >= 11 is 0. The van der Waals surface area contributed by atoms with Gasteiger partial charge in [-0.1, -0.05) is 0 Å². The molecular weight excluding hydrogens is 356 g/mol. The lowest BCUT2D eigenvalue weighted by molar-refractivity contribution is 0.104. The number of likely N-dealkylation sites (tertiary alicyclic amines) is 1. The van der Waals surface area contributed by atoms with E-state index in [1.807, 2.05) is 22.9 Å². The number of rotatable bonds is 2. The molecule has 152 valence electrons. The average Bonchev–Trinajstić information content (AvgIpc) is 3.51. The number of nitrogens with zero attached hydrogens (tertiary/aromatic N) is 5. The molecular formula is C20H30N6O2. The molecule has 0 atom stereocenters. The van der Waals surface area contributed by atoms with E-state index >= 15 is 0 Å². The van der Waals surface area contributed by atoms with Crippen molar-refractivity contribution in [3.8, 4) is 0 Å². The minimum Gasteiger partial charge on any atom is -0.338 e. The molecule has 1 aliphatic carbocycles. The van der Waals surface area contributed by atoms with Crippen LogP contribution < -0.4 is 5.32 Å². The quantitative estimate of drug-likeness (QED) is 0.839. The van der Waals surface area contributed by atoms with Crippen molar-refractivity contribution in [3.05, 3.63) is 23.3 Å². The van der Waals surface area contributed by atoms with Crippen molar-refractivity contribution in [1.82, 2.24) is 30.0 Å². The summed E-state index contributed by atoms with van der Waals surface area (Å²) in [5, 5.41) is 3.10. The van der Waals surface area contributed by atoms with Crippen molar-refractivity contribution in [1.29, 1.82) is 0 Å². The Balaban J connectivity index is 1.55. The number of nitrogens with one attached hydrogen (secondary N) is 1. The highest BCUT2D eigenvalue weighted by atomic mass is 16.2. The SMILES string of the molecule is Cc1ncc2c(n1)C1(CCN(C(=O)N(C)C)CC1)CN(C(=O)NCC1CC1)C2. The Morgan fingerprint density at radius 1 is 1.25 bits per heavy atom. The van der Waals surface area contributed by atoms with E-state index in [-0.39, 0.29) is 17.5 Å². The molecule has 8 nitrogen and oxygen atoms in total. The van der Waals surface area contributed by atoms with Gasteiger partial charge in [-0.25, -0.2) is 19.6 Å². The lowest BCUT2D eigenvalue weighted by Crippen LogP contribution is -2.57. The van der Waals surface area contributed by atoms with Gasteiger partial charge >= 0.3 is 12.1 Å². The number of hydrogen-bond donors (Lipinski definition) is 1. The molecule has 0 bridgehead atoms. The first-order chi connectivity index (χ1) is 13.4. The number of piperidine rings is 1. The van der Waals surface area contributed by atoms with Gasteiger partial charge in [0.2, 0.25) is 0 Å². The summed E-state index contributed by atoms with van der Waals surface area (Å²) in [4.78, 5) is 39.7. The Labute approximate surface area is 166 Å². The van der Waals surface area contributed by atoms with Gasteiger partial charge in [-0.15, -0.1) is 0 Å². The zero-order chi connectivity index (χ0) is 19.9. The van der Waals surface area contributed by atoms with E-state index < -0.39 is 0 Å². The van der Waals surface area contributed by atoms with Crippen LogP contribution in [0.1, 0.15) is 42.8 Å². The van der Waals surface area contributed by atoms with Gasteiger partial charge in [0.15, 0.2) is 0 Å². The molecule has 1 aromatic rings. The van der Waals surface area contributed by atoms with E-state index in [0.29, 0.717) is 32.1 Å². The van der Waals surface area contributed by atoms with Crippen LogP contribution in [0.15, 0.2) is 6.20 Å². The molecule has 3 heterocycles. The molecule has 3 aliphatic rings. The predicted molar refractivity (Wildman–Crippen MR) is 105 cm³/mol. The summed E-state index contributed by atoms with van der Waals surface area (Å²) < 4.78 is 0. The van der Waals surface area contributed by atoms with Gasteiger partial charge in [-0.05, 0) is 38.5 Å². The van der Waals surface area contributed by atoms with Gasteiger partial charge in [0, 0.05) is 57.4 Å². The second-order valence-corrected chi connectivity index (χ2v) is 8.72. The van der Waals surface area contributed by atoms with Crippen molar-refractivity contribution >= 4 is 12.1 Å². The smallest absolute Gasteiger partial charge is 0.319 e. The highest BCUT2D eigenvalue weighted by molar-refractivity contribution is 5.75. The number of hydrogen-bond acceptors (Lipinski definition) is 4. The third-order valence-electron chi connectivity index (χ3n) is 6.24. The summed E-state index contributed by atoms with van der Waals surface area (Å²) in [5.41, 5.74) is 1.90. The second-order valence-electron chi connectivity index (χ2n) is 8.72. The van der Waals surface area contributed by atoms with E-state index in [0.717, 1.165) is 36.5 Å². The molecule has 0 radical (unpaired) electrons. The standard InChI is InChI=1S/C20H30N6O2/c1-14-21-11-16-12-26(18(27)22-10-15-4-5-15)13-20(17(16)23-14)6-8-25(9-7-20)19(28)24(2)3/h11,15H,4-10,12-13H2,1-3H3,(H,22,27). The van der Waals surface area contributed by atoms with Crippen LogP contribution in [0.3, 0.4) is 0 Å². The first kappa shape index (κ1) is 19.0. The molecule has 2 aliphatic heterocycles. The summed E-state index contributed by atoms with van der Waals surface area (Å²) in [5.74, 6) is 1.41. The van der Waals surface area contributed by atoms with E-state index in [4.69, 9.17) is 4.98 Å². The van der Waals surface area contributed by atoms with Crippen LogP contribution in [-0.4, -0.2) is 77.0 Å². The molecule has 8 heteroatoms. The van der Waals surface area contributed by atoms with Crippen LogP contribution in [0, 0.1) is 12.8 Å². The van der Waals surface area contributed by atoms with Gasteiger partial charge in [0.25, 0.3) is 0 Å². The summed E-state index contributed by atoms with van der Waals surface area (Å²) in [6.45, 7) is 5.23. The Kier molecular flexibility index (Phi) is 4.89. The van der Waals surface area contributed by atoms with Crippen molar-refractivity contribution < 1.29 is 9.59 Å². The number of carbonyl (C=O) groups is 2. The number of amides is 4. The number of fused-ring (bicyclic) bond motifs is 2. The average molecular weight is 387 g/mol. The molecule has 0 aromatic carbocycles. The molecule has 1 saturated heterocycles. The van der Waals surface area contributed by atoms with Gasteiger partial charge < -0.3 is 20.0 Å². The van der Waals surface area contributed by atoms with E-state index in [9.17, 15) is 9.59 Å². The summed E-state index contributed by atoms with van der Waals surface area (Å²) in [6.07, 6.45) is 5.92. The molecule has 1 saturated carbocycles. The van der Waals surface area contributed by atoms with Gasteiger partial charge in [0.05, 0.1) is 12.2 Å². The normalized spacial score (nSPS) is 20.7. The topological polar surface area (TPSA) is 81.7 Å². The Hall–Kier alpha value is -2.38. The van der Waals surface area contributed by atoms with E-state index in [1.165, 1.54) is 12.8 Å². The molecule has 1 N–H and O–H groups in total. The fourth-order valence-corrected chi connectivity index (χ4v) is 4.38. The maximum absolute atomic E-state index is 12.8. The van der Waals surface area contributed by atoms with Crippen molar-refractivity contribution in [2.75, 3.05) is 40.3 Å². The molecule has 28 heavy (non-hydrogen) atoms. The van der Waals surface area contributed by atoms with Crippen molar-refractivity contribution in [2.24, 2.45) is 5.92 Å². The lowest BCUT2D eigenvalue weighted by atomic mass is 9.71. The molecule has 2 fully saturated rings. The number of carbonyl (C=O) groups excluding carboxylic acids is 2. The van der Waals surface area contributed by atoms with Crippen LogP contribution in [0.2, 0.25) is 0 Å². The van der Waals surface area contributed by atoms with Crippen LogP contribution in [0.5, 0.6) is 0 Å². The Bertz CT molecular complexity index is 768. The second kappa shape index (κ2) is 7.22.